The van der Waals surface area contributed by atoms with E-state index in [4.69, 9.17) is 4.98 Å². The van der Waals surface area contributed by atoms with Gasteiger partial charge in [-0.25, -0.2) is 4.98 Å². The van der Waals surface area contributed by atoms with E-state index in [1.54, 1.807) is 18.0 Å². The highest BCUT2D eigenvalue weighted by Crippen LogP contribution is 2.34. The van der Waals surface area contributed by atoms with E-state index >= 15 is 0 Å². The molecular weight excluding hydrogens is 650 g/mol. The summed E-state index contributed by atoms with van der Waals surface area (Å²) in [7, 11) is 1.77. The Balaban J connectivity index is 1.18. The van der Waals surface area contributed by atoms with Crippen LogP contribution in [0.2, 0.25) is 0 Å². The number of anilines is 3. The maximum atomic E-state index is 14.0. The highest BCUT2D eigenvalue weighted by molar-refractivity contribution is 7.14. The number of aryl methyl sites for hydroxylation is 1. The minimum absolute atomic E-state index is 0.00728. The highest BCUT2D eigenvalue weighted by atomic mass is 32.1. The first-order valence-corrected chi connectivity index (χ1v) is 16.9. The van der Waals surface area contributed by atoms with Gasteiger partial charge in [-0.05, 0) is 55.3 Å². The zero-order valence-electron chi connectivity index (χ0n) is 27.3. The third-order valence-corrected chi connectivity index (χ3v) is 9.57. The molecule has 0 radical (unpaired) electrons. The molecule has 254 valence electrons. The average Bonchev–Trinajstić information content (AvgIpc) is 3.71. The second kappa shape index (κ2) is 14.7. The number of halogens is 3. The molecule has 49 heavy (non-hydrogen) atoms. The van der Waals surface area contributed by atoms with E-state index < -0.39 is 11.7 Å². The molecule has 0 bridgehead atoms. The molecule has 1 aliphatic heterocycles. The lowest BCUT2D eigenvalue weighted by Crippen LogP contribution is -2.51. The lowest BCUT2D eigenvalue weighted by Gasteiger charge is -2.35. The smallest absolute Gasteiger partial charge is 0.342 e. The molecule has 6 rings (SSSR count). The Hall–Kier alpha value is -4.94. The predicted molar refractivity (Wildman–Crippen MR) is 187 cm³/mol. The number of nitrogens with zero attached hydrogens (tertiary/aromatic N) is 5. The Labute approximate surface area is 287 Å². The number of rotatable bonds is 10. The molecule has 5 aromatic rings. The van der Waals surface area contributed by atoms with E-state index in [9.17, 15) is 22.8 Å². The van der Waals surface area contributed by atoms with Crippen molar-refractivity contribution in [2.75, 3.05) is 50.0 Å². The van der Waals surface area contributed by atoms with E-state index in [1.165, 1.54) is 17.4 Å². The quantitative estimate of drug-likeness (QED) is 0.167. The number of carbonyl (C=O) groups is 2. The Kier molecular flexibility index (Phi) is 10.2. The van der Waals surface area contributed by atoms with Gasteiger partial charge in [0.15, 0.2) is 5.13 Å². The van der Waals surface area contributed by atoms with Gasteiger partial charge in [-0.15, -0.1) is 11.3 Å². The standard InChI is InChI=1S/C37H37F3N6O2S/c1-26-31(35(48)45-20-18-44(19-21-45)24-34(47)43(2)30-14-7-4-8-15-30)23-33(46(26)17-16-27-10-5-3-6-11-27)32-25-49-36(42-32)41-29-13-9-12-28(22-29)37(38,39)40/h3-15,22-23,25H,16-21,24H2,1-2H3,(H,41,42). The van der Waals surface area contributed by atoms with Crippen molar-refractivity contribution in [1.29, 1.82) is 0 Å². The molecule has 3 aromatic carbocycles. The summed E-state index contributed by atoms with van der Waals surface area (Å²) in [5.41, 5.74) is 4.32. The summed E-state index contributed by atoms with van der Waals surface area (Å²) in [6.45, 7) is 4.96. The SMILES string of the molecule is Cc1c(C(=O)N2CCN(CC(=O)N(C)c3ccccc3)CC2)cc(-c2csc(Nc3cccc(C(F)(F)F)c3)n2)n1CCc1ccccc1. The molecule has 2 aromatic heterocycles. The van der Waals surface area contributed by atoms with Crippen LogP contribution < -0.4 is 10.2 Å². The van der Waals surface area contributed by atoms with Crippen LogP contribution in [0.5, 0.6) is 0 Å². The van der Waals surface area contributed by atoms with Crippen molar-refractivity contribution in [2.45, 2.75) is 26.1 Å². The molecule has 1 aliphatic rings. The van der Waals surface area contributed by atoms with Gasteiger partial charge < -0.3 is 19.7 Å². The van der Waals surface area contributed by atoms with Crippen molar-refractivity contribution in [3.8, 4) is 11.4 Å². The summed E-state index contributed by atoms with van der Waals surface area (Å²) < 4.78 is 41.9. The normalized spacial score (nSPS) is 13.8. The van der Waals surface area contributed by atoms with E-state index in [0.717, 1.165) is 41.2 Å². The number of likely N-dealkylation sites (N-methyl/N-ethyl adjacent to an activating group) is 1. The fourth-order valence-electron chi connectivity index (χ4n) is 5.97. The zero-order valence-corrected chi connectivity index (χ0v) is 28.1. The second-order valence-corrected chi connectivity index (χ2v) is 12.9. The predicted octanol–water partition coefficient (Wildman–Crippen LogP) is 7.35. The van der Waals surface area contributed by atoms with Crippen LogP contribution in [0.3, 0.4) is 0 Å². The molecular formula is C37H37F3N6O2S. The number of carbonyl (C=O) groups excluding carboxylic acids is 2. The molecule has 0 atom stereocenters. The van der Waals surface area contributed by atoms with E-state index in [1.807, 2.05) is 71.8 Å². The van der Waals surface area contributed by atoms with Crippen LogP contribution in [0.1, 0.15) is 27.2 Å². The first-order valence-electron chi connectivity index (χ1n) is 16.0. The second-order valence-electron chi connectivity index (χ2n) is 12.0. The number of thiazole rings is 1. The largest absolute Gasteiger partial charge is 0.416 e. The average molecular weight is 687 g/mol. The summed E-state index contributed by atoms with van der Waals surface area (Å²) in [6.07, 6.45) is -3.71. The number of hydrogen-bond acceptors (Lipinski definition) is 6. The van der Waals surface area contributed by atoms with Crippen LogP contribution in [0.25, 0.3) is 11.4 Å². The maximum Gasteiger partial charge on any atom is 0.416 e. The maximum absolute atomic E-state index is 14.0. The van der Waals surface area contributed by atoms with Crippen LogP contribution in [0.15, 0.2) is 96.4 Å². The number of alkyl halides is 3. The van der Waals surface area contributed by atoms with Crippen molar-refractivity contribution < 1.29 is 22.8 Å². The van der Waals surface area contributed by atoms with Crippen molar-refractivity contribution in [2.24, 2.45) is 0 Å². The third kappa shape index (κ3) is 8.03. The number of nitrogens with one attached hydrogen (secondary N) is 1. The first-order chi connectivity index (χ1) is 23.6. The van der Waals surface area contributed by atoms with Gasteiger partial charge in [0.1, 0.15) is 0 Å². The summed E-state index contributed by atoms with van der Waals surface area (Å²) in [5.74, 6) is -0.0886. The minimum atomic E-state index is -4.45. The lowest BCUT2D eigenvalue weighted by atomic mass is 10.1. The van der Waals surface area contributed by atoms with Gasteiger partial charge in [0, 0.05) is 62.2 Å². The van der Waals surface area contributed by atoms with Crippen molar-refractivity contribution >= 4 is 39.7 Å². The van der Waals surface area contributed by atoms with Gasteiger partial charge >= 0.3 is 6.18 Å². The number of aromatic nitrogens is 2. The Morgan fingerprint density at radius 2 is 1.61 bits per heavy atom. The Bertz CT molecular complexity index is 1900. The van der Waals surface area contributed by atoms with Crippen LogP contribution >= 0.6 is 11.3 Å². The highest BCUT2D eigenvalue weighted by Gasteiger charge is 2.31. The summed E-state index contributed by atoms with van der Waals surface area (Å²) >= 11 is 1.28. The van der Waals surface area contributed by atoms with Crippen LogP contribution in [-0.2, 0) is 23.9 Å². The van der Waals surface area contributed by atoms with Crippen LogP contribution in [0, 0.1) is 6.92 Å². The molecule has 12 heteroatoms. The van der Waals surface area contributed by atoms with Crippen molar-refractivity contribution in [3.63, 3.8) is 0 Å². The number of para-hydroxylation sites is 1. The monoisotopic (exact) mass is 686 g/mol. The van der Waals surface area contributed by atoms with Gasteiger partial charge in [0.05, 0.1) is 29.1 Å². The number of hydrogen-bond donors (Lipinski definition) is 1. The fourth-order valence-corrected chi connectivity index (χ4v) is 6.69. The van der Waals surface area contributed by atoms with Gasteiger partial charge in [0.2, 0.25) is 5.91 Å². The minimum Gasteiger partial charge on any atom is -0.342 e. The molecule has 8 nitrogen and oxygen atoms in total. The molecule has 1 saturated heterocycles. The first kappa shape index (κ1) is 33.9. The Morgan fingerprint density at radius 1 is 0.918 bits per heavy atom. The number of amides is 2. The van der Waals surface area contributed by atoms with Gasteiger partial charge in [0.25, 0.3) is 5.91 Å². The van der Waals surface area contributed by atoms with Crippen LogP contribution in [0.4, 0.5) is 29.7 Å². The summed E-state index contributed by atoms with van der Waals surface area (Å²) in [4.78, 5) is 37.2. The molecule has 0 aliphatic carbocycles. The van der Waals surface area contributed by atoms with Crippen molar-refractivity contribution in [1.82, 2.24) is 19.4 Å². The molecule has 0 spiro atoms. The molecule has 2 amide bonds. The molecule has 3 heterocycles. The van der Waals surface area contributed by atoms with Gasteiger partial charge in [-0.3, -0.25) is 14.5 Å². The van der Waals surface area contributed by atoms with Crippen LogP contribution in [-0.4, -0.2) is 70.9 Å². The van der Waals surface area contributed by atoms with E-state index in [-0.39, 0.29) is 24.0 Å². The van der Waals surface area contributed by atoms with E-state index in [2.05, 4.69) is 26.9 Å². The Morgan fingerprint density at radius 3 is 2.31 bits per heavy atom. The molecule has 0 unspecified atom stereocenters. The van der Waals surface area contributed by atoms with E-state index in [0.29, 0.717) is 49.1 Å². The zero-order chi connectivity index (χ0) is 34.5. The summed E-state index contributed by atoms with van der Waals surface area (Å²) in [5, 5.41) is 5.30. The third-order valence-electron chi connectivity index (χ3n) is 8.81. The number of benzene rings is 3. The fraction of sp³-hybridized carbons (Fsp3) is 0.270. The number of piperazine rings is 1. The van der Waals surface area contributed by atoms with Gasteiger partial charge in [-0.1, -0.05) is 54.6 Å². The molecule has 0 saturated carbocycles. The molecule has 1 N–H and O–H groups in total. The molecule has 1 fully saturated rings. The lowest BCUT2D eigenvalue weighted by molar-refractivity contribution is -0.137. The van der Waals surface area contributed by atoms with Gasteiger partial charge in [-0.2, -0.15) is 13.2 Å². The summed E-state index contributed by atoms with van der Waals surface area (Å²) in [6, 6.07) is 26.5. The van der Waals surface area contributed by atoms with Crippen molar-refractivity contribution in [3.05, 3.63) is 119 Å². The topological polar surface area (TPSA) is 73.7 Å².